The van der Waals surface area contributed by atoms with Crippen molar-refractivity contribution >= 4 is 6.08 Å². The average molecular weight is 321 g/mol. The van der Waals surface area contributed by atoms with Crippen LogP contribution in [0.25, 0.3) is 6.08 Å². The van der Waals surface area contributed by atoms with E-state index in [4.69, 9.17) is 0 Å². The average Bonchev–Trinajstić information content (AvgIpc) is 3.04. The first-order valence-electron chi connectivity index (χ1n) is 8.81. The predicted octanol–water partition coefficient (Wildman–Crippen LogP) is 3.55. The molecule has 0 bridgehead atoms. The number of nitrogens with zero attached hydrogens (tertiary/aromatic N) is 3. The fourth-order valence-electron chi connectivity index (χ4n) is 3.44. The zero-order valence-electron chi connectivity index (χ0n) is 14.5. The van der Waals surface area contributed by atoms with E-state index in [1.165, 1.54) is 30.6 Å². The Labute approximate surface area is 145 Å². The van der Waals surface area contributed by atoms with Gasteiger partial charge in [0.25, 0.3) is 0 Å². The molecule has 1 aromatic heterocycles. The highest BCUT2D eigenvalue weighted by Gasteiger charge is 2.22. The Hall–Kier alpha value is -1.97. The molecule has 3 heteroatoms. The van der Waals surface area contributed by atoms with Gasteiger partial charge in [-0.3, -0.25) is 9.88 Å². The quantitative estimate of drug-likeness (QED) is 0.777. The Morgan fingerprint density at radius 3 is 2.88 bits per heavy atom. The van der Waals surface area contributed by atoms with Crippen LogP contribution in [-0.2, 0) is 6.54 Å². The van der Waals surface area contributed by atoms with E-state index in [0.29, 0.717) is 0 Å². The summed E-state index contributed by atoms with van der Waals surface area (Å²) in [6.07, 6.45) is 9.61. The molecule has 2 heterocycles. The molecular formula is C21H27N3. The Bertz CT molecular complexity index is 624. The largest absolute Gasteiger partial charge is 0.302 e. The van der Waals surface area contributed by atoms with Crippen molar-refractivity contribution in [2.45, 2.75) is 13.0 Å². The molecule has 3 nitrogen and oxygen atoms in total. The standard InChI is InChI=1S/C21H27N3/c1-23(16-20-9-5-12-22-15-20)17-21-11-14-24(18-21)13-6-10-19-7-3-2-4-8-19/h2-10,12,15,21H,11,13-14,16-18H2,1H3. The number of hydrogen-bond acceptors (Lipinski definition) is 3. The number of hydrogen-bond donors (Lipinski definition) is 0. The smallest absolute Gasteiger partial charge is 0.0312 e. The first-order chi connectivity index (χ1) is 11.8. The highest BCUT2D eigenvalue weighted by Crippen LogP contribution is 2.18. The summed E-state index contributed by atoms with van der Waals surface area (Å²) in [5.74, 6) is 0.775. The fourth-order valence-corrected chi connectivity index (χ4v) is 3.44. The summed E-state index contributed by atoms with van der Waals surface area (Å²) >= 11 is 0. The summed E-state index contributed by atoms with van der Waals surface area (Å²) in [6, 6.07) is 14.7. The lowest BCUT2D eigenvalue weighted by molar-refractivity contribution is 0.263. The van der Waals surface area contributed by atoms with Gasteiger partial charge in [0, 0.05) is 38.6 Å². The van der Waals surface area contributed by atoms with Crippen LogP contribution >= 0.6 is 0 Å². The molecule has 0 N–H and O–H groups in total. The van der Waals surface area contributed by atoms with Gasteiger partial charge in [0.15, 0.2) is 0 Å². The van der Waals surface area contributed by atoms with Crippen LogP contribution in [0, 0.1) is 5.92 Å². The first kappa shape index (κ1) is 16.9. The predicted molar refractivity (Wildman–Crippen MR) is 101 cm³/mol. The zero-order chi connectivity index (χ0) is 16.6. The molecule has 1 aliphatic heterocycles. The third-order valence-electron chi connectivity index (χ3n) is 4.59. The summed E-state index contributed by atoms with van der Waals surface area (Å²) in [4.78, 5) is 9.18. The van der Waals surface area contributed by atoms with Crippen molar-refractivity contribution in [2.75, 3.05) is 33.2 Å². The van der Waals surface area contributed by atoms with E-state index in [2.05, 4.69) is 70.4 Å². The van der Waals surface area contributed by atoms with Crippen LogP contribution in [0.15, 0.2) is 60.9 Å². The van der Waals surface area contributed by atoms with Gasteiger partial charge in [0.2, 0.25) is 0 Å². The number of aromatic nitrogens is 1. The van der Waals surface area contributed by atoms with Crippen molar-refractivity contribution < 1.29 is 0 Å². The molecule has 1 aliphatic rings. The summed E-state index contributed by atoms with van der Waals surface area (Å²) < 4.78 is 0. The van der Waals surface area contributed by atoms with Gasteiger partial charge in [0.05, 0.1) is 0 Å². The van der Waals surface area contributed by atoms with Crippen LogP contribution in [0.5, 0.6) is 0 Å². The minimum Gasteiger partial charge on any atom is -0.302 e. The van der Waals surface area contributed by atoms with Gasteiger partial charge in [-0.05, 0) is 43.1 Å². The van der Waals surface area contributed by atoms with Crippen LogP contribution in [0.1, 0.15) is 17.5 Å². The van der Waals surface area contributed by atoms with Crippen LogP contribution in [0.2, 0.25) is 0 Å². The van der Waals surface area contributed by atoms with Crippen molar-refractivity contribution in [3.63, 3.8) is 0 Å². The number of rotatable bonds is 7. The van der Waals surface area contributed by atoms with Crippen molar-refractivity contribution in [2.24, 2.45) is 5.92 Å². The molecule has 2 aromatic rings. The van der Waals surface area contributed by atoms with E-state index in [1.807, 2.05) is 18.5 Å². The summed E-state index contributed by atoms with van der Waals surface area (Å²) in [5, 5.41) is 0. The maximum absolute atomic E-state index is 4.20. The zero-order valence-corrected chi connectivity index (χ0v) is 14.5. The summed E-state index contributed by atoms with van der Waals surface area (Å²) in [6.45, 7) is 5.62. The Kier molecular flexibility index (Phi) is 6.16. The van der Waals surface area contributed by atoms with E-state index < -0.39 is 0 Å². The lowest BCUT2D eigenvalue weighted by Crippen LogP contribution is -2.28. The Morgan fingerprint density at radius 2 is 2.08 bits per heavy atom. The lowest BCUT2D eigenvalue weighted by Gasteiger charge is -2.21. The monoisotopic (exact) mass is 321 g/mol. The van der Waals surface area contributed by atoms with E-state index in [-0.39, 0.29) is 0 Å². The van der Waals surface area contributed by atoms with E-state index >= 15 is 0 Å². The normalized spacial score (nSPS) is 18.7. The van der Waals surface area contributed by atoms with Crippen LogP contribution in [0.3, 0.4) is 0 Å². The van der Waals surface area contributed by atoms with E-state index in [0.717, 1.165) is 25.6 Å². The van der Waals surface area contributed by atoms with Crippen LogP contribution in [0.4, 0.5) is 0 Å². The van der Waals surface area contributed by atoms with Crippen LogP contribution in [-0.4, -0.2) is 48.0 Å². The van der Waals surface area contributed by atoms with E-state index in [9.17, 15) is 0 Å². The van der Waals surface area contributed by atoms with Crippen LogP contribution < -0.4 is 0 Å². The second-order valence-electron chi connectivity index (χ2n) is 6.79. The lowest BCUT2D eigenvalue weighted by atomic mass is 10.1. The van der Waals surface area contributed by atoms with Crippen molar-refractivity contribution in [1.29, 1.82) is 0 Å². The maximum atomic E-state index is 4.20. The molecule has 1 atom stereocenters. The molecule has 1 aromatic carbocycles. The van der Waals surface area contributed by atoms with Gasteiger partial charge < -0.3 is 4.90 Å². The molecule has 0 aliphatic carbocycles. The molecule has 0 spiro atoms. The molecule has 1 fully saturated rings. The van der Waals surface area contributed by atoms with Crippen molar-refractivity contribution in [1.82, 2.24) is 14.8 Å². The first-order valence-corrected chi connectivity index (χ1v) is 8.81. The molecule has 0 saturated carbocycles. The highest BCUT2D eigenvalue weighted by atomic mass is 15.2. The van der Waals surface area contributed by atoms with Crippen molar-refractivity contribution in [3.05, 3.63) is 72.1 Å². The molecule has 1 saturated heterocycles. The fraction of sp³-hybridized carbons (Fsp3) is 0.381. The number of benzene rings is 1. The molecule has 0 amide bonds. The van der Waals surface area contributed by atoms with Crippen molar-refractivity contribution in [3.8, 4) is 0 Å². The topological polar surface area (TPSA) is 19.4 Å². The third-order valence-corrected chi connectivity index (χ3v) is 4.59. The minimum atomic E-state index is 0.775. The molecule has 126 valence electrons. The molecule has 3 rings (SSSR count). The number of pyridine rings is 1. The molecule has 1 unspecified atom stereocenters. The van der Waals surface area contributed by atoms with Gasteiger partial charge in [-0.25, -0.2) is 0 Å². The minimum absolute atomic E-state index is 0.775. The third kappa shape index (κ3) is 5.29. The Balaban J connectivity index is 1.40. The van der Waals surface area contributed by atoms with Gasteiger partial charge in [-0.1, -0.05) is 48.6 Å². The highest BCUT2D eigenvalue weighted by molar-refractivity contribution is 5.48. The Morgan fingerprint density at radius 1 is 1.21 bits per heavy atom. The van der Waals surface area contributed by atoms with Gasteiger partial charge >= 0.3 is 0 Å². The maximum Gasteiger partial charge on any atom is 0.0312 e. The second kappa shape index (κ2) is 8.76. The van der Waals surface area contributed by atoms with Gasteiger partial charge in [-0.2, -0.15) is 0 Å². The summed E-state index contributed by atoms with van der Waals surface area (Å²) in [5.41, 5.74) is 2.57. The SMILES string of the molecule is CN(Cc1cccnc1)CC1CCN(CC=Cc2ccccc2)C1. The molecule has 24 heavy (non-hydrogen) atoms. The van der Waals surface area contributed by atoms with E-state index in [1.54, 1.807) is 0 Å². The molecular weight excluding hydrogens is 294 g/mol. The second-order valence-corrected chi connectivity index (χ2v) is 6.79. The number of likely N-dealkylation sites (tertiary alicyclic amines) is 1. The van der Waals surface area contributed by atoms with Gasteiger partial charge in [0.1, 0.15) is 0 Å². The molecule has 0 radical (unpaired) electrons. The van der Waals surface area contributed by atoms with Gasteiger partial charge in [-0.15, -0.1) is 0 Å². The summed E-state index contributed by atoms with van der Waals surface area (Å²) in [7, 11) is 2.21.